The van der Waals surface area contributed by atoms with Crippen LogP contribution in [0.2, 0.25) is 0 Å². The normalized spacial score (nSPS) is 11.3. The molecule has 0 aliphatic carbocycles. The second-order valence-corrected chi connectivity index (χ2v) is 6.19. The van der Waals surface area contributed by atoms with Crippen molar-refractivity contribution in [3.05, 3.63) is 59.2 Å². The van der Waals surface area contributed by atoms with Crippen LogP contribution >= 0.6 is 0 Å². The van der Waals surface area contributed by atoms with Crippen molar-refractivity contribution in [3.8, 4) is 17.1 Å². The van der Waals surface area contributed by atoms with Crippen molar-refractivity contribution in [2.75, 3.05) is 0 Å². The molecule has 0 saturated carbocycles. The molecule has 2 aromatic heterocycles. The third-order valence-corrected chi connectivity index (χ3v) is 4.18. The SMILES string of the molecule is Cc1cc(C)c(-n2cnnc2-c2ccc3oc(C)nc3c2)c(C)c1. The first-order chi connectivity index (χ1) is 11.5. The Balaban J connectivity index is 1.91. The van der Waals surface area contributed by atoms with Gasteiger partial charge in [-0.2, -0.15) is 0 Å². The zero-order chi connectivity index (χ0) is 16.8. The van der Waals surface area contributed by atoms with Gasteiger partial charge in [-0.1, -0.05) is 17.7 Å². The molecular weight excluding hydrogens is 300 g/mol. The van der Waals surface area contributed by atoms with Crippen molar-refractivity contribution >= 4 is 11.1 Å². The molecule has 0 atom stereocenters. The Labute approximate surface area is 140 Å². The number of fused-ring (bicyclic) bond motifs is 1. The second-order valence-electron chi connectivity index (χ2n) is 6.19. The molecule has 5 heteroatoms. The summed E-state index contributed by atoms with van der Waals surface area (Å²) >= 11 is 0. The van der Waals surface area contributed by atoms with Crippen LogP contribution in [-0.4, -0.2) is 19.7 Å². The highest BCUT2D eigenvalue weighted by Gasteiger charge is 2.14. The quantitative estimate of drug-likeness (QED) is 0.552. The summed E-state index contributed by atoms with van der Waals surface area (Å²) in [4.78, 5) is 4.41. The third-order valence-electron chi connectivity index (χ3n) is 4.18. The van der Waals surface area contributed by atoms with Crippen LogP contribution in [-0.2, 0) is 0 Å². The number of hydrogen-bond donors (Lipinski definition) is 0. The molecular formula is C19H18N4O. The Bertz CT molecular complexity index is 1040. The number of nitrogens with zero attached hydrogens (tertiary/aromatic N) is 4. The molecule has 5 nitrogen and oxygen atoms in total. The average molecular weight is 318 g/mol. The molecule has 0 aliphatic rings. The summed E-state index contributed by atoms with van der Waals surface area (Å²) in [7, 11) is 0. The lowest BCUT2D eigenvalue weighted by atomic mass is 10.0. The molecule has 0 unspecified atom stereocenters. The Kier molecular flexibility index (Phi) is 3.23. The van der Waals surface area contributed by atoms with E-state index in [0.717, 1.165) is 28.2 Å². The molecule has 0 saturated heterocycles. The summed E-state index contributed by atoms with van der Waals surface area (Å²) in [6.07, 6.45) is 1.76. The lowest BCUT2D eigenvalue weighted by Gasteiger charge is -2.14. The standard InChI is InChI=1S/C19H18N4O/c1-11-7-12(2)18(13(3)8-11)23-10-20-22-19(23)15-5-6-17-16(9-15)21-14(4)24-17/h5-10H,1-4H3. The first kappa shape index (κ1) is 14.6. The van der Waals surface area contributed by atoms with Crippen molar-refractivity contribution in [1.82, 2.24) is 19.7 Å². The molecule has 2 aromatic carbocycles. The molecule has 0 spiro atoms. The predicted molar refractivity (Wildman–Crippen MR) is 93.3 cm³/mol. The molecule has 24 heavy (non-hydrogen) atoms. The Morgan fingerprint density at radius 1 is 0.958 bits per heavy atom. The summed E-state index contributed by atoms with van der Waals surface area (Å²) < 4.78 is 7.59. The Hall–Kier alpha value is -2.95. The van der Waals surface area contributed by atoms with Crippen LogP contribution in [0.15, 0.2) is 41.1 Å². The summed E-state index contributed by atoms with van der Waals surface area (Å²) in [6, 6.07) is 10.3. The molecule has 120 valence electrons. The van der Waals surface area contributed by atoms with Crippen molar-refractivity contribution in [3.63, 3.8) is 0 Å². The highest BCUT2D eigenvalue weighted by Crippen LogP contribution is 2.28. The highest BCUT2D eigenvalue weighted by molar-refractivity contribution is 5.79. The fourth-order valence-corrected chi connectivity index (χ4v) is 3.33. The molecule has 0 radical (unpaired) electrons. The van der Waals surface area contributed by atoms with E-state index in [1.807, 2.05) is 29.7 Å². The third kappa shape index (κ3) is 2.29. The van der Waals surface area contributed by atoms with E-state index in [0.29, 0.717) is 5.89 Å². The van der Waals surface area contributed by atoms with Crippen LogP contribution in [0.1, 0.15) is 22.6 Å². The van der Waals surface area contributed by atoms with E-state index in [-0.39, 0.29) is 0 Å². The first-order valence-electron chi connectivity index (χ1n) is 7.89. The van der Waals surface area contributed by atoms with Gasteiger partial charge in [-0.3, -0.25) is 4.57 Å². The summed E-state index contributed by atoms with van der Waals surface area (Å²) in [5, 5.41) is 8.47. The van der Waals surface area contributed by atoms with Gasteiger partial charge in [0.15, 0.2) is 17.3 Å². The maximum Gasteiger partial charge on any atom is 0.192 e. The number of aromatic nitrogens is 4. The smallest absolute Gasteiger partial charge is 0.192 e. The molecule has 0 N–H and O–H groups in total. The van der Waals surface area contributed by atoms with Gasteiger partial charge in [-0.15, -0.1) is 10.2 Å². The molecule has 0 amide bonds. The average Bonchev–Trinajstić information content (AvgIpc) is 3.10. The Morgan fingerprint density at radius 3 is 2.46 bits per heavy atom. The van der Waals surface area contributed by atoms with Crippen molar-refractivity contribution in [1.29, 1.82) is 0 Å². The van der Waals surface area contributed by atoms with E-state index in [2.05, 4.69) is 48.1 Å². The molecule has 0 fully saturated rings. The van der Waals surface area contributed by atoms with Gasteiger partial charge in [0.05, 0.1) is 5.69 Å². The minimum atomic E-state index is 0.661. The number of oxazole rings is 1. The van der Waals surface area contributed by atoms with Crippen LogP contribution in [0.4, 0.5) is 0 Å². The topological polar surface area (TPSA) is 56.7 Å². The van der Waals surface area contributed by atoms with E-state index in [1.54, 1.807) is 6.33 Å². The minimum Gasteiger partial charge on any atom is -0.441 e. The zero-order valence-corrected chi connectivity index (χ0v) is 14.2. The number of hydrogen-bond acceptors (Lipinski definition) is 4. The fourth-order valence-electron chi connectivity index (χ4n) is 3.33. The van der Waals surface area contributed by atoms with Crippen LogP contribution < -0.4 is 0 Å². The maximum absolute atomic E-state index is 5.55. The van der Waals surface area contributed by atoms with Gasteiger partial charge >= 0.3 is 0 Å². The minimum absolute atomic E-state index is 0.661. The monoisotopic (exact) mass is 318 g/mol. The largest absolute Gasteiger partial charge is 0.441 e. The van der Waals surface area contributed by atoms with E-state index in [9.17, 15) is 0 Å². The lowest BCUT2D eigenvalue weighted by Crippen LogP contribution is -2.02. The van der Waals surface area contributed by atoms with Gasteiger partial charge in [0.25, 0.3) is 0 Å². The molecule has 4 rings (SSSR count). The van der Waals surface area contributed by atoms with Crippen molar-refractivity contribution < 1.29 is 4.42 Å². The van der Waals surface area contributed by atoms with Crippen molar-refractivity contribution in [2.45, 2.75) is 27.7 Å². The van der Waals surface area contributed by atoms with Crippen LogP contribution in [0, 0.1) is 27.7 Å². The van der Waals surface area contributed by atoms with E-state index in [1.165, 1.54) is 16.7 Å². The van der Waals surface area contributed by atoms with Crippen LogP contribution in [0.25, 0.3) is 28.2 Å². The first-order valence-corrected chi connectivity index (χ1v) is 7.89. The van der Waals surface area contributed by atoms with Crippen LogP contribution in [0.5, 0.6) is 0 Å². The van der Waals surface area contributed by atoms with E-state index in [4.69, 9.17) is 4.42 Å². The predicted octanol–water partition coefficient (Wildman–Crippen LogP) is 4.31. The highest BCUT2D eigenvalue weighted by atomic mass is 16.3. The van der Waals surface area contributed by atoms with Gasteiger partial charge in [0.2, 0.25) is 0 Å². The molecule has 2 heterocycles. The summed E-state index contributed by atoms with van der Waals surface area (Å²) in [6.45, 7) is 8.19. The van der Waals surface area contributed by atoms with Gasteiger partial charge in [-0.05, 0) is 50.1 Å². The van der Waals surface area contributed by atoms with E-state index < -0.39 is 0 Å². The van der Waals surface area contributed by atoms with Crippen LogP contribution in [0.3, 0.4) is 0 Å². The molecule has 4 aromatic rings. The fraction of sp³-hybridized carbons (Fsp3) is 0.211. The van der Waals surface area contributed by atoms with Gasteiger partial charge in [0.1, 0.15) is 11.8 Å². The maximum atomic E-state index is 5.55. The number of rotatable bonds is 2. The van der Waals surface area contributed by atoms with Gasteiger partial charge in [0, 0.05) is 12.5 Å². The van der Waals surface area contributed by atoms with E-state index >= 15 is 0 Å². The lowest BCUT2D eigenvalue weighted by molar-refractivity contribution is 0.561. The summed E-state index contributed by atoms with van der Waals surface area (Å²) in [5.41, 5.74) is 7.35. The molecule has 0 aliphatic heterocycles. The van der Waals surface area contributed by atoms with Gasteiger partial charge in [-0.25, -0.2) is 4.98 Å². The summed E-state index contributed by atoms with van der Waals surface area (Å²) in [5.74, 6) is 1.46. The zero-order valence-electron chi connectivity index (χ0n) is 14.2. The molecule has 0 bridgehead atoms. The Morgan fingerprint density at radius 2 is 1.71 bits per heavy atom. The van der Waals surface area contributed by atoms with Gasteiger partial charge < -0.3 is 4.42 Å². The number of benzene rings is 2. The second kappa shape index (κ2) is 5.30. The number of aryl methyl sites for hydroxylation is 4. The van der Waals surface area contributed by atoms with Crippen molar-refractivity contribution in [2.24, 2.45) is 0 Å².